The highest BCUT2D eigenvalue weighted by Crippen LogP contribution is 2.25. The summed E-state index contributed by atoms with van der Waals surface area (Å²) >= 11 is 5.97. The van der Waals surface area contributed by atoms with E-state index in [9.17, 15) is 19.2 Å². The Morgan fingerprint density at radius 1 is 0.625 bits per heavy atom. The van der Waals surface area contributed by atoms with Crippen LogP contribution in [0.4, 0.5) is 0 Å². The summed E-state index contributed by atoms with van der Waals surface area (Å²) in [6, 6.07) is 33.3. The number of carbonyl (C=O) groups excluding carboxylic acids is 4. The van der Waals surface area contributed by atoms with Gasteiger partial charge in [-0.25, -0.2) is 0 Å². The van der Waals surface area contributed by atoms with Crippen LogP contribution in [0, 0.1) is 0 Å². The second kappa shape index (κ2) is 13.9. The first-order valence-corrected chi connectivity index (χ1v) is 13.0. The van der Waals surface area contributed by atoms with Gasteiger partial charge >= 0.3 is 5.97 Å². The van der Waals surface area contributed by atoms with E-state index in [0.29, 0.717) is 16.1 Å². The molecule has 0 aliphatic heterocycles. The Hall–Kier alpha value is -4.75. The van der Waals surface area contributed by atoms with E-state index in [1.807, 2.05) is 60.7 Å². The lowest BCUT2D eigenvalue weighted by atomic mass is 9.90. The number of hydrogen-bond acceptors (Lipinski definition) is 5. The summed E-state index contributed by atoms with van der Waals surface area (Å²) in [5.41, 5.74) is 2.38. The fourth-order valence-electron chi connectivity index (χ4n) is 4.13. The molecular weight excluding hydrogens is 528 g/mol. The molecule has 4 rings (SSSR count). The van der Waals surface area contributed by atoms with Crippen LogP contribution in [0.25, 0.3) is 0 Å². The Bertz CT molecular complexity index is 1410. The number of nitrogens with one attached hydrogen (secondary N) is 2. The third kappa shape index (κ3) is 7.65. The molecule has 0 heterocycles. The highest BCUT2D eigenvalue weighted by Gasteiger charge is 2.27. The van der Waals surface area contributed by atoms with Gasteiger partial charge in [0.25, 0.3) is 0 Å². The second-order valence-electron chi connectivity index (χ2n) is 8.90. The van der Waals surface area contributed by atoms with Crippen molar-refractivity contribution in [1.29, 1.82) is 0 Å². The van der Waals surface area contributed by atoms with Gasteiger partial charge in [0.05, 0.1) is 12.5 Å². The molecule has 0 unspecified atom stereocenters. The highest BCUT2D eigenvalue weighted by molar-refractivity contribution is 6.30. The third-order valence-electron chi connectivity index (χ3n) is 6.10. The number of amides is 2. The van der Waals surface area contributed by atoms with Gasteiger partial charge in [-0.3, -0.25) is 19.2 Å². The largest absolute Gasteiger partial charge is 0.448 e. The molecule has 0 bridgehead atoms. The highest BCUT2D eigenvalue weighted by atomic mass is 35.5. The number of hydrogen-bond donors (Lipinski definition) is 2. The number of esters is 1. The van der Waals surface area contributed by atoms with Crippen molar-refractivity contribution in [2.24, 2.45) is 0 Å². The van der Waals surface area contributed by atoms with Crippen LogP contribution in [-0.2, 0) is 19.1 Å². The summed E-state index contributed by atoms with van der Waals surface area (Å²) in [5.74, 6) is -2.77. The molecule has 202 valence electrons. The first-order chi connectivity index (χ1) is 19.4. The van der Waals surface area contributed by atoms with E-state index in [0.717, 1.165) is 11.1 Å². The van der Waals surface area contributed by atoms with Crippen LogP contribution in [0.2, 0.25) is 5.02 Å². The summed E-state index contributed by atoms with van der Waals surface area (Å²) in [6.45, 7) is -0.826. The Morgan fingerprint density at radius 2 is 1.15 bits per heavy atom. The minimum Gasteiger partial charge on any atom is -0.448 e. The van der Waals surface area contributed by atoms with Gasteiger partial charge in [-0.15, -0.1) is 0 Å². The molecule has 0 radical (unpaired) electrons. The van der Waals surface area contributed by atoms with Crippen molar-refractivity contribution < 1.29 is 23.9 Å². The average molecular weight is 555 g/mol. The molecule has 0 aliphatic carbocycles. The third-order valence-corrected chi connectivity index (χ3v) is 6.35. The number of halogens is 1. The normalized spacial score (nSPS) is 11.3. The summed E-state index contributed by atoms with van der Waals surface area (Å²) < 4.78 is 5.49. The van der Waals surface area contributed by atoms with Crippen LogP contribution in [0.1, 0.15) is 39.1 Å². The lowest BCUT2D eigenvalue weighted by Gasteiger charge is -2.19. The molecular formula is C32H27ClN2O5. The number of benzene rings is 4. The van der Waals surface area contributed by atoms with Gasteiger partial charge in [-0.2, -0.15) is 0 Å². The standard InChI is InChI=1S/C32H27ClN2O5/c33-26-18-16-25(17-19-26)31(30(38)24-14-8-3-9-15-24)40-28(37)21-34-27(36)20-35-32(39)29(22-10-4-1-5-11-22)23-12-6-2-7-13-23/h1-19,29,31H,20-21H2,(H,34,36)(H,35,39)/t31-/m1/s1. The van der Waals surface area contributed by atoms with E-state index in [2.05, 4.69) is 10.6 Å². The molecule has 2 amide bonds. The smallest absolute Gasteiger partial charge is 0.326 e. The van der Waals surface area contributed by atoms with Crippen LogP contribution in [0.3, 0.4) is 0 Å². The Morgan fingerprint density at radius 3 is 1.70 bits per heavy atom. The van der Waals surface area contributed by atoms with Crippen molar-refractivity contribution >= 4 is 35.2 Å². The maximum atomic E-state index is 13.1. The van der Waals surface area contributed by atoms with Crippen LogP contribution in [-0.4, -0.2) is 36.7 Å². The van der Waals surface area contributed by atoms with E-state index in [1.54, 1.807) is 54.6 Å². The van der Waals surface area contributed by atoms with Gasteiger partial charge in [-0.05, 0) is 23.3 Å². The topological polar surface area (TPSA) is 102 Å². The van der Waals surface area contributed by atoms with Gasteiger partial charge in [0.15, 0.2) is 6.10 Å². The molecule has 0 fully saturated rings. The molecule has 0 spiro atoms. The average Bonchev–Trinajstić information content (AvgIpc) is 2.99. The van der Waals surface area contributed by atoms with Gasteiger partial charge < -0.3 is 15.4 Å². The lowest BCUT2D eigenvalue weighted by molar-refractivity contribution is -0.147. The van der Waals surface area contributed by atoms with Crippen molar-refractivity contribution in [2.75, 3.05) is 13.1 Å². The molecule has 8 heteroatoms. The Kier molecular flexibility index (Phi) is 9.80. The van der Waals surface area contributed by atoms with E-state index >= 15 is 0 Å². The maximum absolute atomic E-state index is 13.1. The van der Waals surface area contributed by atoms with E-state index < -0.39 is 36.2 Å². The fourth-order valence-corrected chi connectivity index (χ4v) is 4.25. The number of carbonyl (C=O) groups is 4. The number of rotatable bonds is 11. The second-order valence-corrected chi connectivity index (χ2v) is 9.34. The summed E-state index contributed by atoms with van der Waals surface area (Å²) in [5, 5.41) is 5.55. The zero-order valence-electron chi connectivity index (χ0n) is 21.5. The van der Waals surface area contributed by atoms with E-state index in [1.165, 1.54) is 0 Å². The zero-order chi connectivity index (χ0) is 28.3. The monoisotopic (exact) mass is 554 g/mol. The fraction of sp³-hybridized carbons (Fsp3) is 0.125. The predicted octanol–water partition coefficient (Wildman–Crippen LogP) is 4.87. The summed E-state index contributed by atoms with van der Waals surface area (Å²) in [7, 11) is 0. The van der Waals surface area contributed by atoms with Crippen molar-refractivity contribution in [1.82, 2.24) is 10.6 Å². The van der Waals surface area contributed by atoms with Crippen LogP contribution in [0.5, 0.6) is 0 Å². The zero-order valence-corrected chi connectivity index (χ0v) is 22.2. The molecule has 0 saturated carbocycles. The van der Waals surface area contributed by atoms with Gasteiger partial charge in [0, 0.05) is 16.1 Å². The molecule has 4 aromatic rings. The quantitative estimate of drug-likeness (QED) is 0.203. The molecule has 0 aromatic heterocycles. The van der Waals surface area contributed by atoms with Gasteiger partial charge in [-0.1, -0.05) is 115 Å². The predicted molar refractivity (Wildman–Crippen MR) is 152 cm³/mol. The summed E-state index contributed by atoms with van der Waals surface area (Å²) in [4.78, 5) is 51.4. The number of Topliss-reactive ketones (excluding diaryl/α,β-unsaturated/α-hetero) is 1. The van der Waals surface area contributed by atoms with E-state index in [4.69, 9.17) is 16.3 Å². The molecule has 4 aromatic carbocycles. The summed E-state index contributed by atoms with van der Waals surface area (Å²) in [6.07, 6.45) is -1.22. The minimum absolute atomic E-state index is 0.341. The number of ether oxygens (including phenoxy) is 1. The van der Waals surface area contributed by atoms with E-state index in [-0.39, 0.29) is 12.5 Å². The first-order valence-electron chi connectivity index (χ1n) is 12.6. The molecule has 2 N–H and O–H groups in total. The van der Waals surface area contributed by atoms with Crippen molar-refractivity contribution in [3.63, 3.8) is 0 Å². The van der Waals surface area contributed by atoms with Crippen LogP contribution < -0.4 is 10.6 Å². The van der Waals surface area contributed by atoms with Crippen LogP contribution in [0.15, 0.2) is 115 Å². The number of ketones is 1. The van der Waals surface area contributed by atoms with Gasteiger partial charge in [0.2, 0.25) is 17.6 Å². The maximum Gasteiger partial charge on any atom is 0.326 e. The molecule has 7 nitrogen and oxygen atoms in total. The lowest BCUT2D eigenvalue weighted by Crippen LogP contribution is -2.41. The van der Waals surface area contributed by atoms with Crippen molar-refractivity contribution in [2.45, 2.75) is 12.0 Å². The first kappa shape index (κ1) is 28.3. The Labute approximate surface area is 237 Å². The SMILES string of the molecule is O=C(CNC(=O)C(c1ccccc1)c1ccccc1)NCC(=O)O[C@@H](C(=O)c1ccccc1)c1ccc(Cl)cc1. The molecule has 0 aliphatic rings. The Balaban J connectivity index is 1.35. The molecule has 40 heavy (non-hydrogen) atoms. The molecule has 1 atom stereocenters. The minimum atomic E-state index is -1.22. The van der Waals surface area contributed by atoms with Crippen LogP contribution >= 0.6 is 11.6 Å². The van der Waals surface area contributed by atoms with Crippen molar-refractivity contribution in [3.05, 3.63) is 143 Å². The molecule has 0 saturated heterocycles. The van der Waals surface area contributed by atoms with Gasteiger partial charge in [0.1, 0.15) is 6.54 Å². The van der Waals surface area contributed by atoms with Crippen molar-refractivity contribution in [3.8, 4) is 0 Å².